The van der Waals surface area contributed by atoms with E-state index in [-0.39, 0.29) is 5.41 Å². The summed E-state index contributed by atoms with van der Waals surface area (Å²) in [5, 5.41) is 0.789. The summed E-state index contributed by atoms with van der Waals surface area (Å²) >= 11 is 6.81. The lowest BCUT2D eigenvalue weighted by Crippen LogP contribution is -2.14. The van der Waals surface area contributed by atoms with Crippen LogP contribution in [-0.4, -0.2) is 0 Å². The Labute approximate surface area is 171 Å². The maximum Gasteiger partial charge on any atom is 0.0490 e. The second kappa shape index (κ2) is 6.36. The van der Waals surface area contributed by atoms with Gasteiger partial charge in [0, 0.05) is 16.0 Å². The van der Waals surface area contributed by atoms with Crippen molar-refractivity contribution in [3.8, 4) is 33.4 Å². The first-order valence-electron chi connectivity index (χ1n) is 9.67. The van der Waals surface area contributed by atoms with Gasteiger partial charge in [-0.3, -0.25) is 0 Å². The topological polar surface area (TPSA) is 0 Å². The number of rotatable bonds is 2. The van der Waals surface area contributed by atoms with Crippen molar-refractivity contribution >= 4 is 11.6 Å². The standard InChI is InChI=1S/C27H21Cl/c1-27(2)22-15-7-6-12-20(22)25-21(14-8-16-23(25)27)26-19(13-9-17-24(26)28)18-10-4-3-5-11-18/h3-17H,1-2H3. The maximum absolute atomic E-state index is 6.81. The first kappa shape index (κ1) is 17.3. The Balaban J connectivity index is 1.86. The van der Waals surface area contributed by atoms with Crippen molar-refractivity contribution in [2.75, 3.05) is 0 Å². The molecule has 0 atom stereocenters. The fraction of sp³-hybridized carbons (Fsp3) is 0.111. The Morgan fingerprint density at radius 2 is 1.14 bits per heavy atom. The zero-order chi connectivity index (χ0) is 19.3. The molecule has 1 aliphatic rings. The molecule has 0 radical (unpaired) electrons. The van der Waals surface area contributed by atoms with Crippen LogP contribution in [0.1, 0.15) is 25.0 Å². The van der Waals surface area contributed by atoms with Crippen LogP contribution in [0.15, 0.2) is 91.0 Å². The molecule has 0 amide bonds. The van der Waals surface area contributed by atoms with E-state index in [9.17, 15) is 0 Å². The van der Waals surface area contributed by atoms with E-state index in [0.29, 0.717) is 0 Å². The molecule has 4 aromatic rings. The van der Waals surface area contributed by atoms with Gasteiger partial charge in [-0.15, -0.1) is 0 Å². The molecule has 0 fully saturated rings. The molecule has 0 aromatic heterocycles. The van der Waals surface area contributed by atoms with Crippen LogP contribution in [0.3, 0.4) is 0 Å². The summed E-state index contributed by atoms with van der Waals surface area (Å²) in [6.07, 6.45) is 0. The van der Waals surface area contributed by atoms with Crippen LogP contribution in [0.5, 0.6) is 0 Å². The van der Waals surface area contributed by atoms with Gasteiger partial charge in [-0.05, 0) is 45.0 Å². The minimum Gasteiger partial charge on any atom is -0.0836 e. The summed E-state index contributed by atoms with van der Waals surface area (Å²) in [7, 11) is 0. The lowest BCUT2D eigenvalue weighted by atomic mass is 9.81. The largest absolute Gasteiger partial charge is 0.0836 e. The predicted octanol–water partition coefficient (Wildman–Crippen LogP) is 7.98. The van der Waals surface area contributed by atoms with Gasteiger partial charge in [-0.2, -0.15) is 0 Å². The van der Waals surface area contributed by atoms with Gasteiger partial charge in [0.05, 0.1) is 0 Å². The van der Waals surface area contributed by atoms with Crippen LogP contribution in [0, 0.1) is 0 Å². The van der Waals surface area contributed by atoms with E-state index >= 15 is 0 Å². The summed E-state index contributed by atoms with van der Waals surface area (Å²) < 4.78 is 0. The molecule has 4 aromatic carbocycles. The number of halogens is 1. The van der Waals surface area contributed by atoms with Crippen LogP contribution >= 0.6 is 11.6 Å². The highest BCUT2D eigenvalue weighted by molar-refractivity contribution is 6.34. The Morgan fingerprint density at radius 1 is 0.536 bits per heavy atom. The number of hydrogen-bond acceptors (Lipinski definition) is 0. The average molecular weight is 381 g/mol. The first-order chi connectivity index (χ1) is 13.6. The second-order valence-corrected chi connectivity index (χ2v) is 8.33. The van der Waals surface area contributed by atoms with Gasteiger partial charge in [0.25, 0.3) is 0 Å². The molecule has 0 bridgehead atoms. The summed E-state index contributed by atoms with van der Waals surface area (Å²) in [6.45, 7) is 4.62. The van der Waals surface area contributed by atoms with E-state index in [1.54, 1.807) is 0 Å². The molecule has 0 saturated carbocycles. The summed E-state index contributed by atoms with van der Waals surface area (Å²) in [6, 6.07) is 32.1. The predicted molar refractivity (Wildman–Crippen MR) is 120 cm³/mol. The monoisotopic (exact) mass is 380 g/mol. The molecular formula is C27H21Cl. The quantitative estimate of drug-likeness (QED) is 0.330. The molecule has 0 unspecified atom stereocenters. The van der Waals surface area contributed by atoms with Gasteiger partial charge in [0.1, 0.15) is 0 Å². The van der Waals surface area contributed by atoms with E-state index < -0.39 is 0 Å². The molecule has 0 nitrogen and oxygen atoms in total. The molecule has 0 spiro atoms. The van der Waals surface area contributed by atoms with Gasteiger partial charge in [0.2, 0.25) is 0 Å². The fourth-order valence-corrected chi connectivity index (χ4v) is 4.90. The minimum atomic E-state index is -0.0178. The van der Waals surface area contributed by atoms with Gasteiger partial charge in [0.15, 0.2) is 0 Å². The van der Waals surface area contributed by atoms with Gasteiger partial charge < -0.3 is 0 Å². The highest BCUT2D eigenvalue weighted by Gasteiger charge is 2.36. The van der Waals surface area contributed by atoms with Crippen molar-refractivity contribution in [3.63, 3.8) is 0 Å². The second-order valence-electron chi connectivity index (χ2n) is 7.93. The molecule has 5 rings (SSSR count). The zero-order valence-electron chi connectivity index (χ0n) is 16.0. The molecule has 1 heteroatoms. The molecule has 0 saturated heterocycles. The summed E-state index contributed by atoms with van der Waals surface area (Å²) in [5.41, 5.74) is 10.0. The molecule has 0 aliphatic heterocycles. The van der Waals surface area contributed by atoms with Crippen LogP contribution in [0.2, 0.25) is 5.02 Å². The van der Waals surface area contributed by atoms with Crippen molar-refractivity contribution < 1.29 is 0 Å². The summed E-state index contributed by atoms with van der Waals surface area (Å²) in [4.78, 5) is 0. The van der Waals surface area contributed by atoms with E-state index in [2.05, 4.69) is 86.6 Å². The Hall–Kier alpha value is -2.83. The SMILES string of the molecule is CC1(C)c2ccccc2-c2c(-c3c(Cl)cccc3-c3ccccc3)cccc21. The molecule has 136 valence electrons. The van der Waals surface area contributed by atoms with Gasteiger partial charge >= 0.3 is 0 Å². The third-order valence-corrected chi connectivity index (χ3v) is 6.29. The zero-order valence-corrected chi connectivity index (χ0v) is 16.8. The number of hydrogen-bond donors (Lipinski definition) is 0. The lowest BCUT2D eigenvalue weighted by molar-refractivity contribution is 0.660. The average Bonchev–Trinajstić information content (AvgIpc) is 2.96. The third kappa shape index (κ3) is 2.45. The van der Waals surface area contributed by atoms with E-state index in [1.807, 2.05) is 18.2 Å². The Kier molecular flexibility index (Phi) is 3.92. The van der Waals surface area contributed by atoms with Crippen molar-refractivity contribution in [2.24, 2.45) is 0 Å². The lowest BCUT2D eigenvalue weighted by Gasteiger charge is -2.22. The first-order valence-corrected chi connectivity index (χ1v) is 10.0. The molecule has 0 heterocycles. The Bertz CT molecular complexity index is 1190. The van der Waals surface area contributed by atoms with Crippen LogP contribution in [-0.2, 0) is 5.41 Å². The number of fused-ring (bicyclic) bond motifs is 3. The number of benzene rings is 4. The van der Waals surface area contributed by atoms with Crippen LogP contribution < -0.4 is 0 Å². The fourth-order valence-electron chi connectivity index (χ4n) is 4.62. The van der Waals surface area contributed by atoms with E-state index in [0.717, 1.165) is 10.6 Å². The maximum atomic E-state index is 6.81. The minimum absolute atomic E-state index is 0.0178. The highest BCUT2D eigenvalue weighted by atomic mass is 35.5. The summed E-state index contributed by atoms with van der Waals surface area (Å²) in [5.74, 6) is 0. The van der Waals surface area contributed by atoms with E-state index in [1.165, 1.54) is 38.9 Å². The highest BCUT2D eigenvalue weighted by Crippen LogP contribution is 2.53. The Morgan fingerprint density at radius 3 is 1.96 bits per heavy atom. The smallest absolute Gasteiger partial charge is 0.0490 e. The third-order valence-electron chi connectivity index (χ3n) is 5.98. The van der Waals surface area contributed by atoms with Gasteiger partial charge in [-0.1, -0.05) is 110 Å². The van der Waals surface area contributed by atoms with Crippen molar-refractivity contribution in [2.45, 2.75) is 19.3 Å². The van der Waals surface area contributed by atoms with Crippen molar-refractivity contribution in [1.82, 2.24) is 0 Å². The molecular weight excluding hydrogens is 360 g/mol. The van der Waals surface area contributed by atoms with Gasteiger partial charge in [-0.25, -0.2) is 0 Å². The molecule has 1 aliphatic carbocycles. The van der Waals surface area contributed by atoms with E-state index in [4.69, 9.17) is 11.6 Å². The molecule has 0 N–H and O–H groups in total. The van der Waals surface area contributed by atoms with Crippen molar-refractivity contribution in [3.05, 3.63) is 107 Å². The normalized spacial score (nSPS) is 13.8. The van der Waals surface area contributed by atoms with Crippen LogP contribution in [0.25, 0.3) is 33.4 Å². The van der Waals surface area contributed by atoms with Crippen LogP contribution in [0.4, 0.5) is 0 Å². The van der Waals surface area contributed by atoms with Crippen molar-refractivity contribution in [1.29, 1.82) is 0 Å². The molecule has 28 heavy (non-hydrogen) atoms.